The number of nitrogens with zero attached hydrogens (tertiary/aromatic N) is 2. The average Bonchev–Trinajstić information content (AvgIpc) is 2.77. The molecule has 3 N–H and O–H groups in total. The number of hydrogen-bond donors (Lipinski definition) is 2. The lowest BCUT2D eigenvalue weighted by Crippen LogP contribution is -2.30. The maximum Gasteiger partial charge on any atom is 0.131 e. The molecule has 1 heterocycles. The van der Waals surface area contributed by atoms with Crippen LogP contribution in [0, 0.1) is 0 Å². The molecule has 1 aromatic carbocycles. The summed E-state index contributed by atoms with van der Waals surface area (Å²) >= 11 is 0. The van der Waals surface area contributed by atoms with Crippen molar-refractivity contribution in [2.45, 2.75) is 19.4 Å². The van der Waals surface area contributed by atoms with E-state index in [-0.39, 0.29) is 6.04 Å². The first kappa shape index (κ1) is 11.8. The van der Waals surface area contributed by atoms with E-state index < -0.39 is 0 Å². The highest BCUT2D eigenvalue weighted by molar-refractivity contribution is 5.29. The van der Waals surface area contributed by atoms with Crippen molar-refractivity contribution in [3.8, 4) is 0 Å². The molecule has 0 saturated heterocycles. The molecule has 0 aliphatic heterocycles. The van der Waals surface area contributed by atoms with Crippen molar-refractivity contribution in [2.24, 2.45) is 12.9 Å². The Labute approximate surface area is 101 Å². The third-order valence-electron chi connectivity index (χ3n) is 2.98. The van der Waals surface area contributed by atoms with Crippen LogP contribution in [0.15, 0.2) is 36.7 Å². The SMILES string of the molecule is CCc1cccc(C(NN)c2nccn2C)c1. The maximum absolute atomic E-state index is 5.65. The van der Waals surface area contributed by atoms with Crippen LogP contribution in [0.4, 0.5) is 0 Å². The van der Waals surface area contributed by atoms with Gasteiger partial charge in [0, 0.05) is 19.4 Å². The van der Waals surface area contributed by atoms with Crippen LogP contribution in [0.3, 0.4) is 0 Å². The van der Waals surface area contributed by atoms with E-state index in [1.807, 2.05) is 17.8 Å². The molecule has 2 rings (SSSR count). The number of rotatable bonds is 4. The second-order valence-electron chi connectivity index (χ2n) is 4.09. The van der Waals surface area contributed by atoms with Gasteiger partial charge < -0.3 is 4.57 Å². The molecule has 4 heteroatoms. The summed E-state index contributed by atoms with van der Waals surface area (Å²) in [5.41, 5.74) is 5.27. The normalized spacial score (nSPS) is 12.6. The molecule has 1 aromatic heterocycles. The van der Waals surface area contributed by atoms with Gasteiger partial charge >= 0.3 is 0 Å². The fraction of sp³-hybridized carbons (Fsp3) is 0.308. The van der Waals surface area contributed by atoms with Gasteiger partial charge in [-0.15, -0.1) is 0 Å². The van der Waals surface area contributed by atoms with E-state index in [0.29, 0.717) is 0 Å². The molecule has 1 unspecified atom stereocenters. The van der Waals surface area contributed by atoms with E-state index in [4.69, 9.17) is 5.84 Å². The van der Waals surface area contributed by atoms with Crippen molar-refractivity contribution >= 4 is 0 Å². The highest BCUT2D eigenvalue weighted by Gasteiger charge is 2.16. The van der Waals surface area contributed by atoms with Crippen molar-refractivity contribution in [1.29, 1.82) is 0 Å². The summed E-state index contributed by atoms with van der Waals surface area (Å²) in [5.74, 6) is 6.57. The Hall–Kier alpha value is -1.65. The Morgan fingerprint density at radius 3 is 2.88 bits per heavy atom. The molecule has 0 fully saturated rings. The molecule has 2 aromatic rings. The Morgan fingerprint density at radius 2 is 2.29 bits per heavy atom. The van der Waals surface area contributed by atoms with Gasteiger partial charge in [-0.2, -0.15) is 0 Å². The molecule has 0 amide bonds. The van der Waals surface area contributed by atoms with E-state index in [0.717, 1.165) is 17.8 Å². The second-order valence-corrected chi connectivity index (χ2v) is 4.09. The van der Waals surface area contributed by atoms with Crippen LogP contribution in [0.25, 0.3) is 0 Å². The minimum Gasteiger partial charge on any atom is -0.336 e. The highest BCUT2D eigenvalue weighted by atomic mass is 15.3. The van der Waals surface area contributed by atoms with Gasteiger partial charge in [0.2, 0.25) is 0 Å². The van der Waals surface area contributed by atoms with Gasteiger partial charge in [-0.25, -0.2) is 10.4 Å². The van der Waals surface area contributed by atoms with Gasteiger partial charge in [-0.1, -0.05) is 31.2 Å². The Balaban J connectivity index is 2.38. The summed E-state index contributed by atoms with van der Waals surface area (Å²) in [5, 5.41) is 0. The van der Waals surface area contributed by atoms with Gasteiger partial charge in [0.1, 0.15) is 11.9 Å². The second kappa shape index (κ2) is 5.12. The summed E-state index contributed by atoms with van der Waals surface area (Å²) < 4.78 is 1.98. The summed E-state index contributed by atoms with van der Waals surface area (Å²) in [6.45, 7) is 2.14. The van der Waals surface area contributed by atoms with Crippen molar-refractivity contribution in [3.05, 3.63) is 53.6 Å². The van der Waals surface area contributed by atoms with Crippen molar-refractivity contribution in [2.75, 3.05) is 0 Å². The van der Waals surface area contributed by atoms with Gasteiger partial charge in [-0.3, -0.25) is 5.84 Å². The predicted molar refractivity (Wildman–Crippen MR) is 68.2 cm³/mol. The quantitative estimate of drug-likeness (QED) is 0.618. The molecular weight excluding hydrogens is 212 g/mol. The third-order valence-corrected chi connectivity index (χ3v) is 2.98. The molecule has 0 bridgehead atoms. The first-order valence-corrected chi connectivity index (χ1v) is 5.78. The largest absolute Gasteiger partial charge is 0.336 e. The van der Waals surface area contributed by atoms with Crippen LogP contribution < -0.4 is 11.3 Å². The Morgan fingerprint density at radius 1 is 1.47 bits per heavy atom. The summed E-state index contributed by atoms with van der Waals surface area (Å²) in [4.78, 5) is 4.34. The molecular formula is C13H18N4. The third kappa shape index (κ3) is 2.38. The van der Waals surface area contributed by atoms with Crippen LogP contribution in [0.1, 0.15) is 29.9 Å². The molecule has 0 aliphatic rings. The fourth-order valence-corrected chi connectivity index (χ4v) is 1.97. The molecule has 1 atom stereocenters. The van der Waals surface area contributed by atoms with Crippen LogP contribution in [0.2, 0.25) is 0 Å². The van der Waals surface area contributed by atoms with Crippen LogP contribution in [-0.2, 0) is 13.5 Å². The van der Waals surface area contributed by atoms with Gasteiger partial charge in [0.25, 0.3) is 0 Å². The summed E-state index contributed by atoms with van der Waals surface area (Å²) in [6.07, 6.45) is 4.72. The Kier molecular flexibility index (Phi) is 3.56. The lowest BCUT2D eigenvalue weighted by molar-refractivity contribution is 0.579. The fourth-order valence-electron chi connectivity index (χ4n) is 1.97. The molecule has 4 nitrogen and oxygen atoms in total. The highest BCUT2D eigenvalue weighted by Crippen LogP contribution is 2.20. The zero-order valence-electron chi connectivity index (χ0n) is 10.2. The van der Waals surface area contributed by atoms with E-state index in [2.05, 4.69) is 41.6 Å². The smallest absolute Gasteiger partial charge is 0.131 e. The minimum atomic E-state index is -0.0681. The number of nitrogens with one attached hydrogen (secondary N) is 1. The van der Waals surface area contributed by atoms with Gasteiger partial charge in [-0.05, 0) is 17.5 Å². The number of hydrogen-bond acceptors (Lipinski definition) is 3. The number of benzene rings is 1. The molecule has 0 saturated carbocycles. The molecule has 17 heavy (non-hydrogen) atoms. The average molecular weight is 230 g/mol. The van der Waals surface area contributed by atoms with Crippen LogP contribution >= 0.6 is 0 Å². The van der Waals surface area contributed by atoms with E-state index in [9.17, 15) is 0 Å². The number of aryl methyl sites for hydroxylation is 2. The number of imidazole rings is 1. The molecule has 0 radical (unpaired) electrons. The standard InChI is InChI=1S/C13H18N4/c1-3-10-5-4-6-11(9-10)12(16-14)13-15-7-8-17(13)2/h4-9,12,16H,3,14H2,1-2H3. The van der Waals surface area contributed by atoms with Gasteiger partial charge in [0.05, 0.1) is 0 Å². The predicted octanol–water partition coefficient (Wildman–Crippen LogP) is 1.54. The zero-order valence-corrected chi connectivity index (χ0v) is 10.2. The molecule has 90 valence electrons. The van der Waals surface area contributed by atoms with Crippen molar-refractivity contribution < 1.29 is 0 Å². The van der Waals surface area contributed by atoms with Crippen LogP contribution in [0.5, 0.6) is 0 Å². The van der Waals surface area contributed by atoms with Crippen molar-refractivity contribution in [3.63, 3.8) is 0 Å². The minimum absolute atomic E-state index is 0.0681. The number of nitrogens with two attached hydrogens (primary N) is 1. The van der Waals surface area contributed by atoms with E-state index in [1.165, 1.54) is 5.56 Å². The summed E-state index contributed by atoms with van der Waals surface area (Å²) in [7, 11) is 1.97. The lowest BCUT2D eigenvalue weighted by atomic mass is 10.0. The van der Waals surface area contributed by atoms with Crippen molar-refractivity contribution in [1.82, 2.24) is 15.0 Å². The first-order chi connectivity index (χ1) is 8.26. The number of aromatic nitrogens is 2. The zero-order chi connectivity index (χ0) is 12.3. The van der Waals surface area contributed by atoms with Gasteiger partial charge in [0.15, 0.2) is 0 Å². The lowest BCUT2D eigenvalue weighted by Gasteiger charge is -2.16. The maximum atomic E-state index is 5.65. The Bertz CT molecular complexity index is 490. The topological polar surface area (TPSA) is 55.9 Å². The monoisotopic (exact) mass is 230 g/mol. The first-order valence-electron chi connectivity index (χ1n) is 5.78. The molecule has 0 spiro atoms. The molecule has 0 aliphatic carbocycles. The van der Waals surface area contributed by atoms with Crippen LogP contribution in [-0.4, -0.2) is 9.55 Å². The summed E-state index contributed by atoms with van der Waals surface area (Å²) in [6, 6.07) is 8.34. The number of hydrazine groups is 1. The van der Waals surface area contributed by atoms with E-state index >= 15 is 0 Å². The van der Waals surface area contributed by atoms with E-state index in [1.54, 1.807) is 6.20 Å².